The van der Waals surface area contributed by atoms with Gasteiger partial charge in [-0.2, -0.15) is 0 Å². The van der Waals surface area contributed by atoms with Gasteiger partial charge in [-0.3, -0.25) is 9.00 Å². The minimum absolute atomic E-state index is 0.130. The van der Waals surface area contributed by atoms with Crippen molar-refractivity contribution in [1.82, 2.24) is 10.3 Å². The second kappa shape index (κ2) is 8.01. The number of oxazole rings is 1. The summed E-state index contributed by atoms with van der Waals surface area (Å²) < 4.78 is 30.5. The average molecular weight is 338 g/mol. The summed E-state index contributed by atoms with van der Waals surface area (Å²) in [7, 11) is -1.39. The normalized spacial score (nSPS) is 13.5. The molecule has 1 aromatic carbocycles. The Morgan fingerprint density at radius 1 is 1.39 bits per heavy atom. The van der Waals surface area contributed by atoms with Gasteiger partial charge in [0.05, 0.1) is 11.4 Å². The van der Waals surface area contributed by atoms with Crippen LogP contribution < -0.4 is 5.32 Å². The number of nitrogens with one attached hydrogen (secondary N) is 1. The Morgan fingerprint density at radius 2 is 2.09 bits per heavy atom. The maximum Gasteiger partial charge on any atom is 0.235 e. The Bertz CT molecular complexity index is 685. The molecule has 0 aliphatic rings. The Morgan fingerprint density at radius 3 is 2.74 bits per heavy atom. The minimum atomic E-state index is -1.39. The van der Waals surface area contributed by atoms with Crippen molar-refractivity contribution >= 4 is 16.7 Å². The van der Waals surface area contributed by atoms with E-state index in [-0.39, 0.29) is 17.5 Å². The standard InChI is InChI=1S/C16H19FN2O3S/c1-3-8-18-15(20)11(2)23(21)10-14-9-22-16(19-14)12-4-6-13(17)7-5-12/h4-7,9,11H,3,8,10H2,1-2H3,(H,18,20)/t11-,23-/m0/s1. The van der Waals surface area contributed by atoms with Gasteiger partial charge in [0.25, 0.3) is 0 Å². The van der Waals surface area contributed by atoms with E-state index < -0.39 is 16.0 Å². The van der Waals surface area contributed by atoms with E-state index in [9.17, 15) is 13.4 Å². The van der Waals surface area contributed by atoms with E-state index in [2.05, 4.69) is 10.3 Å². The van der Waals surface area contributed by atoms with Crippen LogP contribution in [0.5, 0.6) is 0 Å². The number of halogens is 1. The van der Waals surface area contributed by atoms with Crippen LogP contribution in [-0.2, 0) is 21.3 Å². The fourth-order valence-corrected chi connectivity index (χ4v) is 2.88. The number of amides is 1. The Balaban J connectivity index is 1.99. The first-order valence-electron chi connectivity index (χ1n) is 7.36. The number of rotatable bonds is 7. The molecule has 2 aromatic rings. The van der Waals surface area contributed by atoms with Gasteiger partial charge in [0, 0.05) is 22.9 Å². The number of nitrogens with zero attached hydrogens (tertiary/aromatic N) is 1. The molecule has 2 atom stereocenters. The molecule has 1 amide bonds. The van der Waals surface area contributed by atoms with Crippen molar-refractivity contribution in [2.75, 3.05) is 6.54 Å². The molecule has 0 saturated heterocycles. The Kier molecular flexibility index (Phi) is 6.04. The molecule has 1 N–H and O–H groups in total. The molecule has 0 aliphatic heterocycles. The molecule has 0 aliphatic carbocycles. The SMILES string of the molecule is CCCNC(=O)[C@H](C)[S@@](=O)Cc1coc(-c2ccc(F)cc2)n1. The molecule has 0 saturated carbocycles. The maximum atomic E-state index is 12.9. The monoisotopic (exact) mass is 338 g/mol. The lowest BCUT2D eigenvalue weighted by Gasteiger charge is -2.10. The van der Waals surface area contributed by atoms with Crippen LogP contribution in [0.3, 0.4) is 0 Å². The third-order valence-corrected chi connectivity index (χ3v) is 4.83. The van der Waals surface area contributed by atoms with Crippen molar-refractivity contribution in [3.8, 4) is 11.5 Å². The Hall–Kier alpha value is -2.02. The van der Waals surface area contributed by atoms with Crippen LogP contribution in [0.4, 0.5) is 4.39 Å². The van der Waals surface area contributed by atoms with Crippen LogP contribution in [0.15, 0.2) is 34.9 Å². The zero-order valence-electron chi connectivity index (χ0n) is 13.0. The highest BCUT2D eigenvalue weighted by molar-refractivity contribution is 7.85. The summed E-state index contributed by atoms with van der Waals surface area (Å²) in [5, 5.41) is 2.11. The molecule has 1 aromatic heterocycles. The summed E-state index contributed by atoms with van der Waals surface area (Å²) in [5.74, 6) is -0.105. The molecular weight excluding hydrogens is 319 g/mol. The zero-order chi connectivity index (χ0) is 16.8. The predicted octanol–water partition coefficient (Wildman–Crippen LogP) is 2.64. The Labute approximate surface area is 136 Å². The van der Waals surface area contributed by atoms with Crippen LogP contribution in [0.1, 0.15) is 26.0 Å². The lowest BCUT2D eigenvalue weighted by Crippen LogP contribution is -2.36. The van der Waals surface area contributed by atoms with E-state index in [1.165, 1.54) is 18.4 Å². The van der Waals surface area contributed by atoms with Crippen molar-refractivity contribution in [3.05, 3.63) is 42.0 Å². The van der Waals surface area contributed by atoms with E-state index in [0.29, 0.717) is 23.7 Å². The first-order valence-corrected chi connectivity index (χ1v) is 8.74. The van der Waals surface area contributed by atoms with Gasteiger partial charge in [-0.05, 0) is 37.6 Å². The fourth-order valence-electron chi connectivity index (χ4n) is 1.88. The van der Waals surface area contributed by atoms with Crippen molar-refractivity contribution in [2.24, 2.45) is 0 Å². The second-order valence-electron chi connectivity index (χ2n) is 5.11. The predicted molar refractivity (Wildman–Crippen MR) is 86.5 cm³/mol. The number of aromatic nitrogens is 1. The molecule has 23 heavy (non-hydrogen) atoms. The molecule has 5 nitrogen and oxygen atoms in total. The maximum absolute atomic E-state index is 12.9. The van der Waals surface area contributed by atoms with E-state index in [0.717, 1.165) is 6.42 Å². The molecule has 0 bridgehead atoms. The molecule has 0 spiro atoms. The van der Waals surface area contributed by atoms with Gasteiger partial charge in [0.1, 0.15) is 17.3 Å². The molecule has 0 unspecified atom stereocenters. The lowest BCUT2D eigenvalue weighted by molar-refractivity contribution is -0.120. The summed E-state index contributed by atoms with van der Waals surface area (Å²) >= 11 is 0. The number of hydrogen-bond donors (Lipinski definition) is 1. The number of hydrogen-bond acceptors (Lipinski definition) is 4. The second-order valence-corrected chi connectivity index (χ2v) is 6.87. The molecule has 0 radical (unpaired) electrons. The summed E-state index contributed by atoms with van der Waals surface area (Å²) in [6, 6.07) is 5.75. The number of benzene rings is 1. The molecule has 7 heteroatoms. The summed E-state index contributed by atoms with van der Waals surface area (Å²) in [6.07, 6.45) is 2.24. The quantitative estimate of drug-likeness (QED) is 0.842. The molecular formula is C16H19FN2O3S. The van der Waals surface area contributed by atoms with Gasteiger partial charge in [-0.1, -0.05) is 6.92 Å². The highest BCUT2D eigenvalue weighted by Gasteiger charge is 2.21. The molecule has 2 rings (SSSR count). The van der Waals surface area contributed by atoms with Gasteiger partial charge in [0.2, 0.25) is 11.8 Å². The summed E-state index contributed by atoms with van der Waals surface area (Å²) in [4.78, 5) is 16.0. The largest absolute Gasteiger partial charge is 0.444 e. The fraction of sp³-hybridized carbons (Fsp3) is 0.375. The number of carbonyl (C=O) groups excluding carboxylic acids is 1. The first kappa shape index (κ1) is 17.3. The molecule has 124 valence electrons. The molecule has 0 fully saturated rings. The summed E-state index contributed by atoms with van der Waals surface area (Å²) in [5.41, 5.74) is 1.13. The zero-order valence-corrected chi connectivity index (χ0v) is 13.9. The van der Waals surface area contributed by atoms with Crippen LogP contribution in [-0.4, -0.2) is 26.9 Å². The van der Waals surface area contributed by atoms with Gasteiger partial charge in [-0.15, -0.1) is 0 Å². The van der Waals surface area contributed by atoms with Crippen LogP contribution in [0, 0.1) is 5.82 Å². The van der Waals surface area contributed by atoms with Crippen molar-refractivity contribution in [1.29, 1.82) is 0 Å². The van der Waals surface area contributed by atoms with Gasteiger partial charge in [-0.25, -0.2) is 9.37 Å². The smallest absolute Gasteiger partial charge is 0.235 e. The third-order valence-electron chi connectivity index (χ3n) is 3.25. The van der Waals surface area contributed by atoms with Crippen molar-refractivity contribution in [3.63, 3.8) is 0 Å². The topological polar surface area (TPSA) is 72.2 Å². The van der Waals surface area contributed by atoms with Crippen molar-refractivity contribution < 1.29 is 17.8 Å². The van der Waals surface area contributed by atoms with Gasteiger partial charge >= 0.3 is 0 Å². The van der Waals surface area contributed by atoms with Crippen LogP contribution >= 0.6 is 0 Å². The van der Waals surface area contributed by atoms with E-state index in [1.54, 1.807) is 19.1 Å². The van der Waals surface area contributed by atoms with Gasteiger partial charge < -0.3 is 9.73 Å². The highest BCUT2D eigenvalue weighted by Crippen LogP contribution is 2.20. The van der Waals surface area contributed by atoms with E-state index in [4.69, 9.17) is 4.42 Å². The van der Waals surface area contributed by atoms with Gasteiger partial charge in [0.15, 0.2) is 0 Å². The first-order chi connectivity index (χ1) is 11.0. The van der Waals surface area contributed by atoms with Crippen LogP contribution in [0.2, 0.25) is 0 Å². The number of carbonyl (C=O) groups is 1. The minimum Gasteiger partial charge on any atom is -0.444 e. The van der Waals surface area contributed by atoms with E-state index in [1.807, 2.05) is 6.92 Å². The lowest BCUT2D eigenvalue weighted by atomic mass is 10.2. The van der Waals surface area contributed by atoms with Crippen molar-refractivity contribution in [2.45, 2.75) is 31.3 Å². The summed E-state index contributed by atoms with van der Waals surface area (Å²) in [6.45, 7) is 4.15. The average Bonchev–Trinajstić information content (AvgIpc) is 3.00. The van der Waals surface area contributed by atoms with Crippen LogP contribution in [0.25, 0.3) is 11.5 Å². The highest BCUT2D eigenvalue weighted by atomic mass is 32.2. The molecule has 1 heterocycles. The van der Waals surface area contributed by atoms with E-state index >= 15 is 0 Å². The third kappa shape index (κ3) is 4.72.